The lowest BCUT2D eigenvalue weighted by molar-refractivity contribution is -0.141. The zero-order chi connectivity index (χ0) is 22.8. The Morgan fingerprint density at radius 2 is 1.77 bits per heavy atom. The lowest BCUT2D eigenvalue weighted by Crippen LogP contribution is -2.25. The summed E-state index contributed by atoms with van der Waals surface area (Å²) in [5.41, 5.74) is 0.459. The second kappa shape index (κ2) is 8.62. The van der Waals surface area contributed by atoms with Crippen molar-refractivity contribution in [1.82, 2.24) is 19.6 Å². The standard InChI is InChI=1S/C20H21F3N6O2/c1-12(11-29-13(2)9-17(27-29)20(21,22)23)18(30)24-14-5-4-6-15(10-14)25-19(31)16-7-8-28(3)26-16/h4-10,12H,11H2,1-3H3,(H,24,30)(H,25,31). The first-order valence-corrected chi connectivity index (χ1v) is 9.36. The molecule has 1 unspecified atom stereocenters. The number of aryl methyl sites for hydroxylation is 2. The normalized spacial score (nSPS) is 12.5. The molecule has 1 atom stereocenters. The van der Waals surface area contributed by atoms with E-state index in [2.05, 4.69) is 20.8 Å². The second-order valence-corrected chi connectivity index (χ2v) is 7.15. The molecular formula is C20H21F3N6O2. The summed E-state index contributed by atoms with van der Waals surface area (Å²) in [6.07, 6.45) is -2.90. The molecule has 0 bridgehead atoms. The molecule has 3 rings (SSSR count). The first-order valence-electron chi connectivity index (χ1n) is 9.36. The van der Waals surface area contributed by atoms with Crippen LogP contribution in [-0.4, -0.2) is 31.4 Å². The Balaban J connectivity index is 1.63. The van der Waals surface area contributed by atoms with Crippen LogP contribution < -0.4 is 10.6 Å². The van der Waals surface area contributed by atoms with Crippen molar-refractivity contribution in [1.29, 1.82) is 0 Å². The highest BCUT2D eigenvalue weighted by Gasteiger charge is 2.34. The maximum Gasteiger partial charge on any atom is 0.435 e. The molecule has 3 aromatic rings. The number of halogens is 3. The molecule has 0 spiro atoms. The zero-order valence-corrected chi connectivity index (χ0v) is 17.1. The third kappa shape index (κ3) is 5.50. The van der Waals surface area contributed by atoms with E-state index in [0.29, 0.717) is 17.1 Å². The maximum absolute atomic E-state index is 12.8. The molecule has 31 heavy (non-hydrogen) atoms. The van der Waals surface area contributed by atoms with Crippen LogP contribution in [0.3, 0.4) is 0 Å². The van der Waals surface area contributed by atoms with Crippen LogP contribution in [0.2, 0.25) is 0 Å². The van der Waals surface area contributed by atoms with Gasteiger partial charge in [-0.2, -0.15) is 23.4 Å². The van der Waals surface area contributed by atoms with Gasteiger partial charge in [0.2, 0.25) is 5.91 Å². The van der Waals surface area contributed by atoms with Gasteiger partial charge in [0.15, 0.2) is 11.4 Å². The fourth-order valence-corrected chi connectivity index (χ4v) is 2.85. The molecule has 2 amide bonds. The van der Waals surface area contributed by atoms with E-state index >= 15 is 0 Å². The number of hydrogen-bond donors (Lipinski definition) is 2. The molecule has 0 fully saturated rings. The van der Waals surface area contributed by atoms with E-state index in [9.17, 15) is 22.8 Å². The van der Waals surface area contributed by atoms with Crippen LogP contribution in [-0.2, 0) is 24.6 Å². The highest BCUT2D eigenvalue weighted by Crippen LogP contribution is 2.28. The van der Waals surface area contributed by atoms with Crippen LogP contribution in [0.4, 0.5) is 24.5 Å². The van der Waals surface area contributed by atoms with Gasteiger partial charge in [-0.3, -0.25) is 19.0 Å². The predicted molar refractivity (Wildman–Crippen MR) is 107 cm³/mol. The van der Waals surface area contributed by atoms with Gasteiger partial charge in [0.25, 0.3) is 5.91 Å². The number of hydrogen-bond acceptors (Lipinski definition) is 4. The number of anilines is 2. The van der Waals surface area contributed by atoms with E-state index in [1.165, 1.54) is 11.6 Å². The van der Waals surface area contributed by atoms with Gasteiger partial charge >= 0.3 is 6.18 Å². The van der Waals surface area contributed by atoms with E-state index < -0.39 is 29.6 Å². The van der Waals surface area contributed by atoms with Crippen LogP contribution in [0.5, 0.6) is 0 Å². The highest BCUT2D eigenvalue weighted by molar-refractivity contribution is 6.03. The van der Waals surface area contributed by atoms with Crippen molar-refractivity contribution in [3.8, 4) is 0 Å². The van der Waals surface area contributed by atoms with Crippen molar-refractivity contribution in [3.63, 3.8) is 0 Å². The zero-order valence-electron chi connectivity index (χ0n) is 17.1. The number of amides is 2. The smallest absolute Gasteiger partial charge is 0.326 e. The van der Waals surface area contributed by atoms with Crippen LogP contribution >= 0.6 is 0 Å². The quantitative estimate of drug-likeness (QED) is 0.621. The fraction of sp³-hybridized carbons (Fsp3) is 0.300. The van der Waals surface area contributed by atoms with Gasteiger partial charge in [0, 0.05) is 30.3 Å². The predicted octanol–water partition coefficient (Wildman–Crippen LogP) is 3.47. The first-order chi connectivity index (χ1) is 14.5. The average Bonchev–Trinajstić information content (AvgIpc) is 3.28. The molecule has 0 saturated carbocycles. The molecule has 2 heterocycles. The summed E-state index contributed by atoms with van der Waals surface area (Å²) < 4.78 is 41.1. The molecule has 11 heteroatoms. The Hall–Kier alpha value is -3.63. The maximum atomic E-state index is 12.8. The van der Waals surface area contributed by atoms with Gasteiger partial charge < -0.3 is 10.6 Å². The molecule has 0 saturated heterocycles. The van der Waals surface area contributed by atoms with Gasteiger partial charge in [0.05, 0.1) is 12.5 Å². The van der Waals surface area contributed by atoms with Gasteiger partial charge in [-0.15, -0.1) is 0 Å². The largest absolute Gasteiger partial charge is 0.435 e. The molecular weight excluding hydrogens is 413 g/mol. The molecule has 0 aliphatic carbocycles. The number of nitrogens with one attached hydrogen (secondary N) is 2. The molecule has 2 aromatic heterocycles. The minimum Gasteiger partial charge on any atom is -0.326 e. The molecule has 2 N–H and O–H groups in total. The SMILES string of the molecule is Cc1cc(C(F)(F)F)nn1CC(C)C(=O)Nc1cccc(NC(=O)c2ccn(C)n2)c1. The summed E-state index contributed by atoms with van der Waals surface area (Å²) in [4.78, 5) is 24.7. The third-order valence-corrected chi connectivity index (χ3v) is 4.50. The van der Waals surface area contributed by atoms with Crippen molar-refractivity contribution in [3.05, 3.63) is 59.7 Å². The number of nitrogens with zero attached hydrogens (tertiary/aromatic N) is 4. The summed E-state index contributed by atoms with van der Waals surface area (Å²) in [5, 5.41) is 13.0. The molecule has 164 valence electrons. The summed E-state index contributed by atoms with van der Waals surface area (Å²) in [7, 11) is 1.70. The second-order valence-electron chi connectivity index (χ2n) is 7.15. The topological polar surface area (TPSA) is 93.8 Å². The van der Waals surface area contributed by atoms with E-state index in [-0.39, 0.29) is 12.2 Å². The lowest BCUT2D eigenvalue weighted by Gasteiger charge is -2.14. The molecule has 0 aliphatic heterocycles. The van der Waals surface area contributed by atoms with Crippen LogP contribution in [0.25, 0.3) is 0 Å². The van der Waals surface area contributed by atoms with Crippen molar-refractivity contribution in [2.75, 3.05) is 10.6 Å². The lowest BCUT2D eigenvalue weighted by atomic mass is 10.1. The van der Waals surface area contributed by atoms with Crippen LogP contribution in [0.1, 0.15) is 28.8 Å². The van der Waals surface area contributed by atoms with Gasteiger partial charge in [-0.25, -0.2) is 0 Å². The highest BCUT2D eigenvalue weighted by atomic mass is 19.4. The number of rotatable bonds is 6. The minimum atomic E-state index is -4.54. The number of carbonyl (C=O) groups excluding carboxylic acids is 2. The molecule has 1 aromatic carbocycles. The van der Waals surface area contributed by atoms with E-state index in [1.54, 1.807) is 50.5 Å². The van der Waals surface area contributed by atoms with Crippen LogP contribution in [0.15, 0.2) is 42.6 Å². The Morgan fingerprint density at radius 1 is 1.10 bits per heavy atom. The Morgan fingerprint density at radius 3 is 2.35 bits per heavy atom. The van der Waals surface area contributed by atoms with Gasteiger partial charge in [-0.05, 0) is 37.3 Å². The van der Waals surface area contributed by atoms with E-state index in [4.69, 9.17) is 0 Å². The minimum absolute atomic E-state index is 0.0101. The average molecular weight is 434 g/mol. The summed E-state index contributed by atoms with van der Waals surface area (Å²) in [5.74, 6) is -1.44. The Kier molecular flexibility index (Phi) is 6.14. The fourth-order valence-electron chi connectivity index (χ4n) is 2.85. The third-order valence-electron chi connectivity index (χ3n) is 4.50. The van der Waals surface area contributed by atoms with Crippen molar-refractivity contribution in [2.24, 2.45) is 13.0 Å². The molecule has 0 aliphatic rings. The number of aromatic nitrogens is 4. The van der Waals surface area contributed by atoms with Crippen LogP contribution in [0, 0.1) is 12.8 Å². The summed E-state index contributed by atoms with van der Waals surface area (Å²) in [6, 6.07) is 9.05. The van der Waals surface area contributed by atoms with Crippen molar-refractivity contribution < 1.29 is 22.8 Å². The van der Waals surface area contributed by atoms with Crippen molar-refractivity contribution in [2.45, 2.75) is 26.6 Å². The number of alkyl halides is 3. The summed E-state index contributed by atoms with van der Waals surface area (Å²) in [6.45, 7) is 3.08. The molecule has 0 radical (unpaired) electrons. The number of benzene rings is 1. The first kappa shape index (κ1) is 22.1. The van der Waals surface area contributed by atoms with Gasteiger partial charge in [0.1, 0.15) is 0 Å². The Labute approximate surface area is 176 Å². The van der Waals surface area contributed by atoms with E-state index in [0.717, 1.165) is 10.7 Å². The van der Waals surface area contributed by atoms with Gasteiger partial charge in [-0.1, -0.05) is 13.0 Å². The Bertz CT molecular complexity index is 1100. The van der Waals surface area contributed by atoms with Crippen molar-refractivity contribution >= 4 is 23.2 Å². The number of carbonyl (C=O) groups is 2. The summed E-state index contributed by atoms with van der Waals surface area (Å²) >= 11 is 0. The van der Waals surface area contributed by atoms with E-state index in [1.807, 2.05) is 0 Å². The monoisotopic (exact) mass is 434 g/mol. The molecule has 8 nitrogen and oxygen atoms in total.